The Labute approximate surface area is 190 Å². The van der Waals surface area contributed by atoms with Gasteiger partial charge in [0.05, 0.1) is 17.6 Å². The van der Waals surface area contributed by atoms with Gasteiger partial charge in [-0.2, -0.15) is 4.31 Å². The second kappa shape index (κ2) is 9.61. The summed E-state index contributed by atoms with van der Waals surface area (Å²) in [7, 11) is -2.24. The molecule has 1 aliphatic heterocycles. The fraction of sp³-hybridized carbons (Fsp3) is 0.368. The summed E-state index contributed by atoms with van der Waals surface area (Å²) in [5.41, 5.74) is 0.450. The molecule has 0 unspecified atom stereocenters. The SMILES string of the molecule is CCc1cc(C(=O)OC)c(NC(=S)N2CCN(S(=O)(=O)c3ccc(Cl)cc3)CC2)s1. The van der Waals surface area contributed by atoms with Crippen LogP contribution in [0.15, 0.2) is 35.2 Å². The summed E-state index contributed by atoms with van der Waals surface area (Å²) in [4.78, 5) is 15.2. The van der Waals surface area contributed by atoms with E-state index in [1.807, 2.05) is 11.8 Å². The number of ether oxygens (including phenoxy) is 1. The summed E-state index contributed by atoms with van der Waals surface area (Å²) in [5.74, 6) is -0.421. The maximum absolute atomic E-state index is 12.8. The highest BCUT2D eigenvalue weighted by Crippen LogP contribution is 2.30. The fourth-order valence-corrected chi connectivity index (χ4v) is 5.91. The standard InChI is InChI=1S/C19H22ClN3O4S3/c1-3-14-12-16(18(24)27-2)17(29-14)21-19(28)22-8-10-23(11-9-22)30(25,26)15-6-4-13(20)5-7-15/h4-7,12H,3,8-11H2,1-2H3,(H,21,28). The van der Waals surface area contributed by atoms with Gasteiger partial charge in [0.2, 0.25) is 10.0 Å². The van der Waals surface area contributed by atoms with Crippen molar-refractivity contribution in [3.63, 3.8) is 0 Å². The number of hydrogen-bond donors (Lipinski definition) is 1. The van der Waals surface area contributed by atoms with E-state index in [0.29, 0.717) is 46.9 Å². The lowest BCUT2D eigenvalue weighted by molar-refractivity contribution is 0.0602. The van der Waals surface area contributed by atoms with E-state index in [1.54, 1.807) is 18.2 Å². The second-order valence-electron chi connectivity index (χ2n) is 6.58. The second-order valence-corrected chi connectivity index (χ2v) is 10.5. The number of thiophene rings is 1. The number of benzene rings is 1. The van der Waals surface area contributed by atoms with Crippen LogP contribution in [0.4, 0.5) is 5.00 Å². The summed E-state index contributed by atoms with van der Waals surface area (Å²) < 4.78 is 31.9. The van der Waals surface area contributed by atoms with Crippen LogP contribution in [-0.2, 0) is 21.2 Å². The van der Waals surface area contributed by atoms with Crippen LogP contribution in [0.25, 0.3) is 0 Å². The number of nitrogens with one attached hydrogen (secondary N) is 1. The molecule has 1 N–H and O–H groups in total. The minimum atomic E-state index is -3.58. The lowest BCUT2D eigenvalue weighted by atomic mass is 10.2. The van der Waals surface area contributed by atoms with Gasteiger partial charge in [0.1, 0.15) is 5.00 Å². The smallest absolute Gasteiger partial charge is 0.340 e. The average Bonchev–Trinajstić information content (AvgIpc) is 3.16. The maximum Gasteiger partial charge on any atom is 0.340 e. The van der Waals surface area contributed by atoms with E-state index >= 15 is 0 Å². The maximum atomic E-state index is 12.8. The Morgan fingerprint density at radius 2 is 1.87 bits per heavy atom. The normalized spacial score (nSPS) is 15.1. The molecule has 2 heterocycles. The number of esters is 1. The first-order chi connectivity index (χ1) is 14.3. The third-order valence-electron chi connectivity index (χ3n) is 4.73. The van der Waals surface area contributed by atoms with Crippen molar-refractivity contribution in [2.24, 2.45) is 0 Å². The van der Waals surface area contributed by atoms with E-state index in [2.05, 4.69) is 5.32 Å². The summed E-state index contributed by atoms with van der Waals surface area (Å²) in [6, 6.07) is 7.94. The molecule has 1 fully saturated rings. The van der Waals surface area contributed by atoms with Gasteiger partial charge in [-0.25, -0.2) is 13.2 Å². The molecule has 7 nitrogen and oxygen atoms in total. The Hall–Kier alpha value is -1.72. The number of halogens is 1. The molecular weight excluding hydrogens is 466 g/mol. The van der Waals surface area contributed by atoms with Crippen LogP contribution in [-0.4, -0.2) is 62.0 Å². The molecule has 3 rings (SSSR count). The molecule has 1 aromatic carbocycles. The van der Waals surface area contributed by atoms with Gasteiger partial charge >= 0.3 is 5.97 Å². The van der Waals surface area contributed by atoms with Crippen molar-refractivity contribution in [2.45, 2.75) is 18.2 Å². The van der Waals surface area contributed by atoms with Gasteiger partial charge in [-0.15, -0.1) is 11.3 Å². The van der Waals surface area contributed by atoms with Crippen LogP contribution in [0, 0.1) is 0 Å². The zero-order valence-electron chi connectivity index (χ0n) is 16.6. The van der Waals surface area contributed by atoms with Crippen molar-refractivity contribution in [3.8, 4) is 0 Å². The molecular formula is C19H22ClN3O4S3. The Bertz CT molecular complexity index is 1030. The summed E-state index contributed by atoms with van der Waals surface area (Å²) in [6.45, 7) is 3.51. The molecule has 30 heavy (non-hydrogen) atoms. The van der Waals surface area contributed by atoms with Crippen LogP contribution in [0.1, 0.15) is 22.2 Å². The van der Waals surface area contributed by atoms with E-state index in [1.165, 1.54) is 34.9 Å². The van der Waals surface area contributed by atoms with Crippen molar-refractivity contribution in [2.75, 3.05) is 38.6 Å². The number of hydrogen-bond acceptors (Lipinski definition) is 6. The molecule has 0 aliphatic carbocycles. The highest BCUT2D eigenvalue weighted by Gasteiger charge is 2.29. The van der Waals surface area contributed by atoms with Gasteiger partial charge in [-0.3, -0.25) is 0 Å². The summed E-state index contributed by atoms with van der Waals surface area (Å²) in [5, 5.41) is 4.71. The van der Waals surface area contributed by atoms with Gasteiger partial charge < -0.3 is 15.0 Å². The summed E-state index contributed by atoms with van der Waals surface area (Å²) in [6.07, 6.45) is 0.796. The van der Waals surface area contributed by atoms with E-state index in [0.717, 1.165) is 11.3 Å². The molecule has 1 saturated heterocycles. The molecule has 0 amide bonds. The number of carbonyl (C=O) groups excluding carboxylic acids is 1. The number of methoxy groups -OCH3 is 1. The molecule has 11 heteroatoms. The first kappa shape index (κ1) is 23.0. The molecule has 0 saturated carbocycles. The van der Waals surface area contributed by atoms with Gasteiger partial charge in [-0.1, -0.05) is 18.5 Å². The molecule has 1 aliphatic rings. The van der Waals surface area contributed by atoms with Crippen LogP contribution >= 0.6 is 35.2 Å². The first-order valence-electron chi connectivity index (χ1n) is 9.29. The van der Waals surface area contributed by atoms with Gasteiger partial charge in [0.15, 0.2) is 5.11 Å². The average molecular weight is 488 g/mol. The lowest BCUT2D eigenvalue weighted by Crippen LogP contribution is -2.51. The Morgan fingerprint density at radius 1 is 1.23 bits per heavy atom. The lowest BCUT2D eigenvalue weighted by Gasteiger charge is -2.35. The topological polar surface area (TPSA) is 79.0 Å². The predicted molar refractivity (Wildman–Crippen MR) is 123 cm³/mol. The predicted octanol–water partition coefficient (Wildman–Crippen LogP) is 3.45. The van der Waals surface area contributed by atoms with E-state index < -0.39 is 16.0 Å². The van der Waals surface area contributed by atoms with Gasteiger partial charge in [-0.05, 0) is 49.0 Å². The highest BCUT2D eigenvalue weighted by atomic mass is 35.5. The molecule has 0 radical (unpaired) electrons. The monoisotopic (exact) mass is 487 g/mol. The quantitative estimate of drug-likeness (QED) is 0.511. The summed E-state index contributed by atoms with van der Waals surface area (Å²) >= 11 is 12.8. The van der Waals surface area contributed by atoms with Crippen molar-refractivity contribution in [1.82, 2.24) is 9.21 Å². The fourth-order valence-electron chi connectivity index (χ4n) is 3.03. The van der Waals surface area contributed by atoms with E-state index in [9.17, 15) is 13.2 Å². The van der Waals surface area contributed by atoms with Gasteiger partial charge in [0.25, 0.3) is 0 Å². The largest absolute Gasteiger partial charge is 0.465 e. The Balaban J connectivity index is 1.65. The van der Waals surface area contributed by atoms with E-state index in [-0.39, 0.29) is 4.90 Å². The number of rotatable bonds is 5. The van der Waals surface area contributed by atoms with Crippen LogP contribution in [0.5, 0.6) is 0 Å². The molecule has 2 aromatic rings. The first-order valence-corrected chi connectivity index (χ1v) is 12.3. The number of aryl methyl sites for hydroxylation is 1. The van der Waals surface area contributed by atoms with Gasteiger partial charge in [0, 0.05) is 36.1 Å². The highest BCUT2D eigenvalue weighted by molar-refractivity contribution is 7.89. The molecule has 0 spiro atoms. The van der Waals surface area contributed by atoms with Crippen LogP contribution in [0.2, 0.25) is 5.02 Å². The zero-order valence-corrected chi connectivity index (χ0v) is 19.8. The van der Waals surface area contributed by atoms with Crippen molar-refractivity contribution in [1.29, 1.82) is 0 Å². The Kier molecular flexibility index (Phi) is 7.35. The number of anilines is 1. The Morgan fingerprint density at radius 3 is 2.43 bits per heavy atom. The minimum Gasteiger partial charge on any atom is -0.465 e. The molecule has 0 atom stereocenters. The third kappa shape index (κ3) is 4.94. The van der Waals surface area contributed by atoms with Crippen molar-refractivity contribution < 1.29 is 17.9 Å². The van der Waals surface area contributed by atoms with E-state index in [4.69, 9.17) is 28.6 Å². The number of thiocarbonyl (C=S) groups is 1. The molecule has 0 bridgehead atoms. The van der Waals surface area contributed by atoms with Crippen molar-refractivity contribution >= 4 is 61.3 Å². The zero-order chi connectivity index (χ0) is 21.9. The number of sulfonamides is 1. The van der Waals surface area contributed by atoms with Crippen LogP contribution in [0.3, 0.4) is 0 Å². The molecule has 162 valence electrons. The van der Waals surface area contributed by atoms with Crippen molar-refractivity contribution in [3.05, 3.63) is 45.8 Å². The number of piperazine rings is 1. The number of carbonyl (C=O) groups is 1. The molecule has 1 aromatic heterocycles. The third-order valence-corrected chi connectivity index (χ3v) is 8.45. The number of nitrogens with zero attached hydrogens (tertiary/aromatic N) is 2. The van der Waals surface area contributed by atoms with Crippen LogP contribution < -0.4 is 5.32 Å². The minimum absolute atomic E-state index is 0.217.